The third-order valence-corrected chi connectivity index (χ3v) is 5.59. The Bertz CT molecular complexity index is 1040. The molecule has 1 amide bonds. The number of carbonyl (C=O) groups is 1. The van der Waals surface area contributed by atoms with Crippen LogP contribution < -0.4 is 9.64 Å². The number of hydrogen-bond donors (Lipinski definition) is 0. The largest absolute Gasteiger partial charge is 0.484 e. The first-order valence-electron chi connectivity index (χ1n) is 10.6. The van der Waals surface area contributed by atoms with Gasteiger partial charge in [0.1, 0.15) is 5.75 Å². The van der Waals surface area contributed by atoms with Crippen LogP contribution in [0.1, 0.15) is 16.7 Å². The van der Waals surface area contributed by atoms with Gasteiger partial charge in [-0.3, -0.25) is 4.79 Å². The van der Waals surface area contributed by atoms with Crippen molar-refractivity contribution in [3.63, 3.8) is 0 Å². The number of aromatic nitrogens is 2. The molecule has 160 valence electrons. The van der Waals surface area contributed by atoms with Gasteiger partial charge >= 0.3 is 0 Å². The number of rotatable bonds is 5. The number of anilines is 1. The van der Waals surface area contributed by atoms with E-state index in [1.54, 1.807) is 0 Å². The van der Waals surface area contributed by atoms with Gasteiger partial charge in [0, 0.05) is 31.7 Å². The summed E-state index contributed by atoms with van der Waals surface area (Å²) in [5.41, 5.74) is 5.41. The Morgan fingerprint density at radius 1 is 0.903 bits per heavy atom. The molecule has 3 aromatic rings. The van der Waals surface area contributed by atoms with E-state index >= 15 is 0 Å². The van der Waals surface area contributed by atoms with Crippen molar-refractivity contribution in [3.8, 4) is 17.0 Å². The highest BCUT2D eigenvalue weighted by Crippen LogP contribution is 2.22. The zero-order valence-electron chi connectivity index (χ0n) is 18.3. The number of benzene rings is 2. The Labute approximate surface area is 183 Å². The normalized spacial score (nSPS) is 13.9. The van der Waals surface area contributed by atoms with E-state index < -0.39 is 0 Å². The number of piperazine rings is 1. The summed E-state index contributed by atoms with van der Waals surface area (Å²) in [5, 5.41) is 8.85. The third-order valence-electron chi connectivity index (χ3n) is 5.59. The zero-order chi connectivity index (χ0) is 21.8. The molecule has 0 bridgehead atoms. The van der Waals surface area contributed by atoms with Crippen molar-refractivity contribution in [2.75, 3.05) is 37.7 Å². The second-order valence-electron chi connectivity index (χ2n) is 8.07. The first kappa shape index (κ1) is 20.8. The van der Waals surface area contributed by atoms with Crippen molar-refractivity contribution < 1.29 is 9.53 Å². The van der Waals surface area contributed by atoms with Gasteiger partial charge in [-0.1, -0.05) is 30.3 Å². The molecule has 4 rings (SSSR count). The van der Waals surface area contributed by atoms with Crippen LogP contribution in [0.15, 0.2) is 54.6 Å². The molecule has 0 N–H and O–H groups in total. The SMILES string of the molecule is Cc1cc(C)cc(OCC(=O)N2CCN(c3ccc(-c4ccccc4C)nn3)CC2)c1. The maximum absolute atomic E-state index is 12.6. The second kappa shape index (κ2) is 9.16. The van der Waals surface area contributed by atoms with Gasteiger partial charge in [0.15, 0.2) is 12.4 Å². The molecule has 2 heterocycles. The van der Waals surface area contributed by atoms with Crippen LogP contribution in [0.2, 0.25) is 0 Å². The van der Waals surface area contributed by atoms with Crippen molar-refractivity contribution >= 4 is 11.7 Å². The van der Waals surface area contributed by atoms with Gasteiger partial charge in [-0.15, -0.1) is 10.2 Å². The van der Waals surface area contributed by atoms with E-state index in [0.29, 0.717) is 13.1 Å². The molecule has 0 spiro atoms. The molecule has 1 saturated heterocycles. The maximum atomic E-state index is 12.6. The van der Waals surface area contributed by atoms with Gasteiger partial charge in [-0.25, -0.2) is 0 Å². The molecular weight excluding hydrogens is 388 g/mol. The number of amides is 1. The number of hydrogen-bond acceptors (Lipinski definition) is 5. The lowest BCUT2D eigenvalue weighted by molar-refractivity contribution is -0.133. The molecule has 0 saturated carbocycles. The Hall–Kier alpha value is -3.41. The van der Waals surface area contributed by atoms with E-state index in [-0.39, 0.29) is 12.5 Å². The van der Waals surface area contributed by atoms with Crippen LogP contribution in [0, 0.1) is 20.8 Å². The minimum Gasteiger partial charge on any atom is -0.484 e. The number of carbonyl (C=O) groups excluding carboxylic acids is 1. The molecule has 0 radical (unpaired) electrons. The number of aryl methyl sites for hydroxylation is 3. The minimum atomic E-state index is 0.0137. The third kappa shape index (κ3) is 5.02. The van der Waals surface area contributed by atoms with Gasteiger partial charge < -0.3 is 14.5 Å². The molecule has 2 aromatic carbocycles. The number of nitrogens with zero attached hydrogens (tertiary/aromatic N) is 4. The van der Waals surface area contributed by atoms with E-state index in [2.05, 4.69) is 40.2 Å². The van der Waals surface area contributed by atoms with Crippen molar-refractivity contribution in [1.29, 1.82) is 0 Å². The summed E-state index contributed by atoms with van der Waals surface area (Å²) in [6, 6.07) is 18.2. The monoisotopic (exact) mass is 416 g/mol. The van der Waals surface area contributed by atoms with Crippen LogP contribution in [0.5, 0.6) is 5.75 Å². The quantitative estimate of drug-likeness (QED) is 0.633. The summed E-state index contributed by atoms with van der Waals surface area (Å²) in [7, 11) is 0. The lowest BCUT2D eigenvalue weighted by atomic mass is 10.1. The van der Waals surface area contributed by atoms with Crippen molar-refractivity contribution in [1.82, 2.24) is 15.1 Å². The Morgan fingerprint density at radius 2 is 1.61 bits per heavy atom. The predicted octanol–water partition coefficient (Wildman–Crippen LogP) is 3.80. The molecule has 6 nitrogen and oxygen atoms in total. The highest BCUT2D eigenvalue weighted by molar-refractivity contribution is 5.78. The second-order valence-corrected chi connectivity index (χ2v) is 8.07. The molecule has 1 aromatic heterocycles. The van der Waals surface area contributed by atoms with Gasteiger partial charge in [-0.05, 0) is 61.7 Å². The van der Waals surface area contributed by atoms with E-state index in [1.165, 1.54) is 5.56 Å². The standard InChI is InChI=1S/C25H28N4O2/c1-18-14-19(2)16-21(15-18)31-17-25(30)29-12-10-28(11-13-29)24-9-8-23(26-27-24)22-7-5-4-6-20(22)3/h4-9,14-16H,10-13,17H2,1-3H3. The topological polar surface area (TPSA) is 58.6 Å². The van der Waals surface area contributed by atoms with Crippen LogP contribution >= 0.6 is 0 Å². The fourth-order valence-electron chi connectivity index (χ4n) is 3.94. The molecule has 1 aliphatic heterocycles. The molecule has 31 heavy (non-hydrogen) atoms. The Balaban J connectivity index is 1.31. The lowest BCUT2D eigenvalue weighted by Crippen LogP contribution is -2.50. The average Bonchev–Trinajstić information content (AvgIpc) is 2.77. The Morgan fingerprint density at radius 3 is 2.26 bits per heavy atom. The van der Waals surface area contributed by atoms with Gasteiger partial charge in [-0.2, -0.15) is 0 Å². The molecule has 0 aliphatic carbocycles. The van der Waals surface area contributed by atoms with Crippen molar-refractivity contribution in [2.24, 2.45) is 0 Å². The lowest BCUT2D eigenvalue weighted by Gasteiger charge is -2.35. The summed E-state index contributed by atoms with van der Waals surface area (Å²) < 4.78 is 5.73. The summed E-state index contributed by atoms with van der Waals surface area (Å²) in [5.74, 6) is 1.60. The van der Waals surface area contributed by atoms with E-state index in [9.17, 15) is 4.79 Å². The van der Waals surface area contributed by atoms with Gasteiger partial charge in [0.25, 0.3) is 5.91 Å². The minimum absolute atomic E-state index is 0.0137. The van der Waals surface area contributed by atoms with Crippen LogP contribution in [-0.2, 0) is 4.79 Å². The first-order chi connectivity index (χ1) is 15.0. The first-order valence-corrected chi connectivity index (χ1v) is 10.6. The van der Waals surface area contributed by atoms with E-state index in [1.807, 2.05) is 55.1 Å². The van der Waals surface area contributed by atoms with Gasteiger partial charge in [0.05, 0.1) is 5.69 Å². The summed E-state index contributed by atoms with van der Waals surface area (Å²) in [6.07, 6.45) is 0. The van der Waals surface area contributed by atoms with Gasteiger partial charge in [0.2, 0.25) is 0 Å². The molecule has 6 heteroatoms. The molecule has 0 unspecified atom stereocenters. The highest BCUT2D eigenvalue weighted by atomic mass is 16.5. The molecule has 1 aliphatic rings. The van der Waals surface area contributed by atoms with Crippen LogP contribution in [0.25, 0.3) is 11.3 Å². The summed E-state index contributed by atoms with van der Waals surface area (Å²) in [6.45, 7) is 8.95. The van der Waals surface area contributed by atoms with Crippen molar-refractivity contribution in [3.05, 3.63) is 71.3 Å². The van der Waals surface area contributed by atoms with E-state index in [0.717, 1.165) is 47.0 Å². The maximum Gasteiger partial charge on any atom is 0.260 e. The number of ether oxygens (including phenoxy) is 1. The molecular formula is C25H28N4O2. The summed E-state index contributed by atoms with van der Waals surface area (Å²) >= 11 is 0. The van der Waals surface area contributed by atoms with Crippen LogP contribution in [-0.4, -0.2) is 53.8 Å². The average molecular weight is 417 g/mol. The van der Waals surface area contributed by atoms with Crippen LogP contribution in [0.4, 0.5) is 5.82 Å². The fraction of sp³-hybridized carbons (Fsp3) is 0.320. The van der Waals surface area contributed by atoms with Crippen molar-refractivity contribution in [2.45, 2.75) is 20.8 Å². The fourth-order valence-corrected chi connectivity index (χ4v) is 3.94. The predicted molar refractivity (Wildman–Crippen MR) is 122 cm³/mol. The smallest absolute Gasteiger partial charge is 0.260 e. The highest BCUT2D eigenvalue weighted by Gasteiger charge is 2.22. The van der Waals surface area contributed by atoms with Crippen LogP contribution in [0.3, 0.4) is 0 Å². The van der Waals surface area contributed by atoms with E-state index in [4.69, 9.17) is 4.74 Å². The Kier molecular flexibility index (Phi) is 6.16. The molecule has 1 fully saturated rings. The summed E-state index contributed by atoms with van der Waals surface area (Å²) in [4.78, 5) is 16.6. The zero-order valence-corrected chi connectivity index (χ0v) is 18.3. The molecule has 0 atom stereocenters.